The molecule has 18 heavy (non-hydrogen) atoms. The van der Waals surface area contributed by atoms with Gasteiger partial charge in [0.15, 0.2) is 0 Å². The minimum atomic E-state index is 0.304. The van der Waals surface area contributed by atoms with Gasteiger partial charge < -0.3 is 0 Å². The van der Waals surface area contributed by atoms with E-state index in [1.807, 2.05) is 0 Å². The van der Waals surface area contributed by atoms with Gasteiger partial charge in [-0.1, -0.05) is 75.3 Å². The van der Waals surface area contributed by atoms with E-state index in [1.54, 1.807) is 0 Å². The lowest BCUT2D eigenvalue weighted by atomic mass is 10.0. The van der Waals surface area contributed by atoms with Gasteiger partial charge in [0.2, 0.25) is 0 Å². The third kappa shape index (κ3) is 7.06. The monoisotopic (exact) mass is 266 g/mol. The van der Waals surface area contributed by atoms with Crippen LogP contribution in [0.4, 0.5) is 0 Å². The van der Waals surface area contributed by atoms with Gasteiger partial charge in [-0.2, -0.15) is 0 Å². The number of alkyl halides is 1. The molecular formula is C17H27Cl. The molecule has 0 aromatic heterocycles. The van der Waals surface area contributed by atoms with Crippen LogP contribution in [-0.4, -0.2) is 5.38 Å². The van der Waals surface area contributed by atoms with Gasteiger partial charge in [0.05, 0.1) is 0 Å². The highest BCUT2D eigenvalue weighted by Gasteiger charge is 2.05. The molecule has 1 heteroatoms. The lowest BCUT2D eigenvalue weighted by Crippen LogP contribution is -2.03. The van der Waals surface area contributed by atoms with Gasteiger partial charge in [0.1, 0.15) is 0 Å². The van der Waals surface area contributed by atoms with Gasteiger partial charge >= 0.3 is 0 Å². The van der Waals surface area contributed by atoms with Crippen LogP contribution in [-0.2, 0) is 6.42 Å². The Labute approximate surface area is 118 Å². The number of hydrogen-bond acceptors (Lipinski definition) is 0. The van der Waals surface area contributed by atoms with Crippen molar-refractivity contribution in [1.82, 2.24) is 0 Å². The fraction of sp³-hybridized carbons (Fsp3) is 0.647. The maximum atomic E-state index is 6.41. The molecule has 1 rings (SSSR count). The molecule has 0 fully saturated rings. The van der Waals surface area contributed by atoms with Crippen molar-refractivity contribution in [3.63, 3.8) is 0 Å². The second-order valence-corrected chi connectivity index (χ2v) is 5.96. The summed E-state index contributed by atoms with van der Waals surface area (Å²) in [6.45, 7) is 4.40. The number of hydrogen-bond donors (Lipinski definition) is 0. The highest BCUT2D eigenvalue weighted by Crippen LogP contribution is 2.16. The third-order valence-corrected chi connectivity index (χ3v) is 3.78. The van der Waals surface area contributed by atoms with Crippen LogP contribution in [0.1, 0.15) is 63.0 Å². The number of halogens is 1. The van der Waals surface area contributed by atoms with Crippen molar-refractivity contribution in [2.24, 2.45) is 0 Å². The predicted molar refractivity (Wildman–Crippen MR) is 82.5 cm³/mol. The number of unbranched alkanes of at least 4 members (excludes halogenated alkanes) is 5. The van der Waals surface area contributed by atoms with Crippen LogP contribution in [0.2, 0.25) is 0 Å². The van der Waals surface area contributed by atoms with E-state index >= 15 is 0 Å². The van der Waals surface area contributed by atoms with Crippen LogP contribution in [0.25, 0.3) is 0 Å². The zero-order valence-corrected chi connectivity index (χ0v) is 12.7. The summed E-state index contributed by atoms with van der Waals surface area (Å²) in [7, 11) is 0. The van der Waals surface area contributed by atoms with Crippen molar-refractivity contribution in [2.45, 2.75) is 70.6 Å². The SMILES string of the molecule is CCCCCCCCC(Cl)Cc1cccc(C)c1. The zero-order chi connectivity index (χ0) is 13.2. The molecule has 0 nitrogen and oxygen atoms in total. The number of rotatable bonds is 9. The van der Waals surface area contributed by atoms with Gasteiger partial charge in [-0.25, -0.2) is 0 Å². The maximum Gasteiger partial charge on any atom is 0.0376 e. The summed E-state index contributed by atoms with van der Waals surface area (Å²) >= 11 is 6.41. The smallest absolute Gasteiger partial charge is 0.0376 e. The Morgan fingerprint density at radius 1 is 1.06 bits per heavy atom. The Balaban J connectivity index is 2.12. The van der Waals surface area contributed by atoms with Crippen molar-refractivity contribution in [3.05, 3.63) is 35.4 Å². The Kier molecular flexibility index (Phi) is 8.17. The van der Waals surface area contributed by atoms with E-state index in [1.165, 1.54) is 49.7 Å². The van der Waals surface area contributed by atoms with Crippen molar-refractivity contribution < 1.29 is 0 Å². The van der Waals surface area contributed by atoms with Crippen LogP contribution in [0.15, 0.2) is 24.3 Å². The summed E-state index contributed by atoms with van der Waals surface area (Å²) in [6.07, 6.45) is 10.3. The summed E-state index contributed by atoms with van der Waals surface area (Å²) in [5.41, 5.74) is 2.71. The van der Waals surface area contributed by atoms with Crippen molar-refractivity contribution >= 4 is 11.6 Å². The Morgan fingerprint density at radius 2 is 1.78 bits per heavy atom. The molecule has 0 aliphatic carbocycles. The molecule has 0 bridgehead atoms. The van der Waals surface area contributed by atoms with Crippen molar-refractivity contribution in [2.75, 3.05) is 0 Å². The first-order valence-corrected chi connectivity index (χ1v) is 7.85. The highest BCUT2D eigenvalue weighted by atomic mass is 35.5. The maximum absolute atomic E-state index is 6.41. The molecule has 1 atom stereocenters. The topological polar surface area (TPSA) is 0 Å². The van der Waals surface area contributed by atoms with Crippen LogP contribution >= 0.6 is 11.6 Å². The molecule has 0 N–H and O–H groups in total. The van der Waals surface area contributed by atoms with E-state index in [9.17, 15) is 0 Å². The molecule has 1 aromatic carbocycles. The summed E-state index contributed by atoms with van der Waals surface area (Å²) in [5, 5.41) is 0.304. The molecule has 0 radical (unpaired) electrons. The van der Waals surface area contributed by atoms with E-state index in [0.717, 1.165) is 12.8 Å². The van der Waals surface area contributed by atoms with Gasteiger partial charge in [0.25, 0.3) is 0 Å². The predicted octanol–water partition coefficient (Wildman–Crippen LogP) is 5.90. The Morgan fingerprint density at radius 3 is 2.50 bits per heavy atom. The van der Waals surface area contributed by atoms with Gasteiger partial charge in [-0.15, -0.1) is 11.6 Å². The minimum Gasteiger partial charge on any atom is -0.123 e. The average Bonchev–Trinajstić information content (AvgIpc) is 2.33. The van der Waals surface area contributed by atoms with Crippen molar-refractivity contribution in [1.29, 1.82) is 0 Å². The highest BCUT2D eigenvalue weighted by molar-refractivity contribution is 6.20. The van der Waals surface area contributed by atoms with E-state index in [4.69, 9.17) is 11.6 Å². The number of benzene rings is 1. The van der Waals surface area contributed by atoms with Gasteiger partial charge in [-0.3, -0.25) is 0 Å². The molecule has 0 spiro atoms. The van der Waals surface area contributed by atoms with Gasteiger partial charge in [-0.05, 0) is 25.3 Å². The number of aryl methyl sites for hydroxylation is 1. The quantitative estimate of drug-likeness (QED) is 0.386. The first-order valence-electron chi connectivity index (χ1n) is 7.42. The molecule has 0 amide bonds. The fourth-order valence-corrected chi connectivity index (χ4v) is 2.68. The molecule has 1 aromatic rings. The van der Waals surface area contributed by atoms with E-state index in [0.29, 0.717) is 5.38 Å². The zero-order valence-electron chi connectivity index (χ0n) is 11.9. The standard InChI is InChI=1S/C17H27Cl/c1-3-4-5-6-7-8-12-17(18)14-16-11-9-10-15(2)13-16/h9-11,13,17H,3-8,12,14H2,1-2H3. The molecule has 1 unspecified atom stereocenters. The summed E-state index contributed by atoms with van der Waals surface area (Å²) in [5.74, 6) is 0. The van der Waals surface area contributed by atoms with Crippen LogP contribution in [0.3, 0.4) is 0 Å². The van der Waals surface area contributed by atoms with Crippen LogP contribution in [0, 0.1) is 6.92 Å². The summed E-state index contributed by atoms with van der Waals surface area (Å²) in [4.78, 5) is 0. The van der Waals surface area contributed by atoms with Crippen LogP contribution in [0.5, 0.6) is 0 Å². The fourth-order valence-electron chi connectivity index (χ4n) is 2.34. The van der Waals surface area contributed by atoms with Crippen molar-refractivity contribution in [3.8, 4) is 0 Å². The Bertz CT molecular complexity index is 319. The lowest BCUT2D eigenvalue weighted by molar-refractivity contribution is 0.578. The largest absolute Gasteiger partial charge is 0.123 e. The summed E-state index contributed by atoms with van der Waals surface area (Å²) < 4.78 is 0. The molecular weight excluding hydrogens is 240 g/mol. The summed E-state index contributed by atoms with van der Waals surface area (Å²) in [6, 6.07) is 8.69. The molecule has 0 aliphatic rings. The second-order valence-electron chi connectivity index (χ2n) is 5.35. The molecule has 0 heterocycles. The molecule has 0 aliphatic heterocycles. The molecule has 102 valence electrons. The molecule has 0 saturated carbocycles. The van der Waals surface area contributed by atoms with E-state index < -0.39 is 0 Å². The normalized spacial score (nSPS) is 12.6. The third-order valence-electron chi connectivity index (χ3n) is 3.41. The minimum absolute atomic E-state index is 0.304. The Hall–Kier alpha value is -0.490. The molecule has 0 saturated heterocycles. The first kappa shape index (κ1) is 15.6. The van der Waals surface area contributed by atoms with E-state index in [-0.39, 0.29) is 0 Å². The van der Waals surface area contributed by atoms with Gasteiger partial charge in [0, 0.05) is 5.38 Å². The average molecular weight is 267 g/mol. The van der Waals surface area contributed by atoms with E-state index in [2.05, 4.69) is 38.1 Å². The lowest BCUT2D eigenvalue weighted by Gasteiger charge is -2.10. The van der Waals surface area contributed by atoms with Crippen LogP contribution < -0.4 is 0 Å². The second kappa shape index (κ2) is 9.44. The first-order chi connectivity index (χ1) is 8.72.